The Bertz CT molecular complexity index is 574. The second kappa shape index (κ2) is 4.25. The Morgan fingerprint density at radius 3 is 2.83 bits per heavy atom. The maximum absolute atomic E-state index is 10.4. The van der Waals surface area contributed by atoms with E-state index in [1.165, 1.54) is 11.3 Å². The number of aliphatic hydroxyl groups is 1. The average molecular weight is 242 g/mol. The van der Waals surface area contributed by atoms with E-state index in [0.29, 0.717) is 0 Å². The van der Waals surface area contributed by atoms with Gasteiger partial charge in [-0.2, -0.15) is 5.10 Å². The van der Waals surface area contributed by atoms with Gasteiger partial charge in [0.05, 0.1) is 11.8 Å². The van der Waals surface area contributed by atoms with Crippen LogP contribution >= 0.6 is 0 Å². The molecule has 1 heterocycles. The Hall–Kier alpha value is -1.61. The van der Waals surface area contributed by atoms with Crippen LogP contribution < -0.4 is 0 Å². The van der Waals surface area contributed by atoms with Crippen LogP contribution in [0, 0.1) is 12.8 Å². The molecule has 3 rings (SSSR count). The summed E-state index contributed by atoms with van der Waals surface area (Å²) < 4.78 is 1.92. The number of hydrogen-bond acceptors (Lipinski definition) is 2. The number of benzene rings is 1. The number of fused-ring (bicyclic) bond motifs is 1. The van der Waals surface area contributed by atoms with E-state index >= 15 is 0 Å². The number of hydrogen-bond donors (Lipinski definition) is 1. The Kier molecular flexibility index (Phi) is 2.71. The third kappa shape index (κ3) is 1.85. The lowest BCUT2D eigenvalue weighted by Crippen LogP contribution is -2.13. The first-order valence-electron chi connectivity index (χ1n) is 6.40. The van der Waals surface area contributed by atoms with E-state index < -0.39 is 0 Å². The molecule has 94 valence electrons. The standard InChI is InChI=1S/C15H18N2O/c1-10-7-13(17(2)16-10)9-12-8-11-5-3-4-6-14(11)15(12)18/h3-7,12,15,18H,8-9H2,1-2H3. The second-order valence-corrected chi connectivity index (χ2v) is 5.21. The minimum atomic E-state index is -0.337. The number of nitrogens with zero attached hydrogens (tertiary/aromatic N) is 2. The van der Waals surface area contributed by atoms with E-state index in [-0.39, 0.29) is 12.0 Å². The fourth-order valence-corrected chi connectivity index (χ4v) is 2.96. The Balaban J connectivity index is 1.83. The van der Waals surface area contributed by atoms with E-state index in [9.17, 15) is 5.11 Å². The zero-order valence-corrected chi connectivity index (χ0v) is 10.8. The first-order chi connectivity index (χ1) is 8.65. The molecule has 0 radical (unpaired) electrons. The number of aryl methyl sites for hydroxylation is 2. The maximum Gasteiger partial charge on any atom is 0.0827 e. The van der Waals surface area contributed by atoms with Gasteiger partial charge in [-0.3, -0.25) is 4.68 Å². The fourth-order valence-electron chi connectivity index (χ4n) is 2.96. The van der Waals surface area contributed by atoms with Crippen LogP contribution in [-0.2, 0) is 19.9 Å². The minimum Gasteiger partial charge on any atom is -0.388 e. The summed E-state index contributed by atoms with van der Waals surface area (Å²) in [5, 5.41) is 14.7. The first kappa shape index (κ1) is 11.5. The summed E-state index contributed by atoms with van der Waals surface area (Å²) in [6.07, 6.45) is 1.51. The van der Waals surface area contributed by atoms with Gasteiger partial charge >= 0.3 is 0 Å². The van der Waals surface area contributed by atoms with Crippen LogP contribution in [-0.4, -0.2) is 14.9 Å². The fraction of sp³-hybridized carbons (Fsp3) is 0.400. The highest BCUT2D eigenvalue weighted by Gasteiger charge is 2.31. The van der Waals surface area contributed by atoms with E-state index in [1.54, 1.807) is 0 Å². The molecule has 0 amide bonds. The lowest BCUT2D eigenvalue weighted by atomic mass is 9.97. The van der Waals surface area contributed by atoms with E-state index in [4.69, 9.17) is 0 Å². The average Bonchev–Trinajstić information content (AvgIpc) is 2.82. The van der Waals surface area contributed by atoms with Crippen LogP contribution in [0.2, 0.25) is 0 Å². The van der Waals surface area contributed by atoms with Gasteiger partial charge in [0.25, 0.3) is 0 Å². The van der Waals surface area contributed by atoms with Gasteiger partial charge in [0, 0.05) is 12.7 Å². The van der Waals surface area contributed by atoms with Gasteiger partial charge in [-0.1, -0.05) is 24.3 Å². The predicted octanol–water partition coefficient (Wildman–Crippen LogP) is 2.18. The molecule has 3 nitrogen and oxygen atoms in total. The summed E-state index contributed by atoms with van der Waals surface area (Å²) in [5.41, 5.74) is 4.62. The minimum absolute atomic E-state index is 0.275. The molecule has 0 fully saturated rings. The molecule has 3 heteroatoms. The zero-order chi connectivity index (χ0) is 12.7. The molecule has 18 heavy (non-hydrogen) atoms. The van der Waals surface area contributed by atoms with Crippen molar-refractivity contribution >= 4 is 0 Å². The van der Waals surface area contributed by atoms with Crippen molar-refractivity contribution in [2.24, 2.45) is 13.0 Å². The van der Waals surface area contributed by atoms with Crippen molar-refractivity contribution in [3.63, 3.8) is 0 Å². The number of rotatable bonds is 2. The van der Waals surface area contributed by atoms with Crippen LogP contribution in [0.25, 0.3) is 0 Å². The summed E-state index contributed by atoms with van der Waals surface area (Å²) in [5.74, 6) is 0.275. The molecule has 0 saturated carbocycles. The molecular formula is C15H18N2O. The van der Waals surface area contributed by atoms with Crippen LogP contribution in [0.3, 0.4) is 0 Å². The van der Waals surface area contributed by atoms with Crippen LogP contribution in [0.1, 0.15) is 28.6 Å². The van der Waals surface area contributed by atoms with Crippen LogP contribution in [0.5, 0.6) is 0 Å². The highest BCUT2D eigenvalue weighted by molar-refractivity contribution is 5.35. The molecule has 0 saturated heterocycles. The molecule has 2 unspecified atom stereocenters. The summed E-state index contributed by atoms with van der Waals surface area (Å²) in [4.78, 5) is 0. The SMILES string of the molecule is Cc1cc(CC2Cc3ccccc3C2O)n(C)n1. The monoisotopic (exact) mass is 242 g/mol. The topological polar surface area (TPSA) is 38.0 Å². The predicted molar refractivity (Wildman–Crippen MR) is 70.2 cm³/mol. The molecule has 2 atom stereocenters. The van der Waals surface area contributed by atoms with E-state index in [1.807, 2.05) is 36.9 Å². The van der Waals surface area contributed by atoms with Crippen LogP contribution in [0.4, 0.5) is 0 Å². The number of aliphatic hydroxyl groups excluding tert-OH is 1. The normalized spacial score (nSPS) is 22.2. The van der Waals surface area contributed by atoms with Crippen molar-refractivity contribution in [1.82, 2.24) is 9.78 Å². The second-order valence-electron chi connectivity index (χ2n) is 5.21. The zero-order valence-electron chi connectivity index (χ0n) is 10.8. The maximum atomic E-state index is 10.4. The molecule has 1 aliphatic carbocycles. The van der Waals surface area contributed by atoms with Gasteiger partial charge in [-0.05, 0) is 42.9 Å². The quantitative estimate of drug-likeness (QED) is 0.876. The van der Waals surface area contributed by atoms with Crippen molar-refractivity contribution in [2.45, 2.75) is 25.9 Å². The third-order valence-corrected chi connectivity index (χ3v) is 3.87. The molecule has 1 aromatic carbocycles. The van der Waals surface area contributed by atoms with Gasteiger partial charge in [0.1, 0.15) is 0 Å². The lowest BCUT2D eigenvalue weighted by Gasteiger charge is -2.14. The molecule has 1 aromatic heterocycles. The van der Waals surface area contributed by atoms with Gasteiger partial charge in [0.15, 0.2) is 0 Å². The highest BCUT2D eigenvalue weighted by Crippen LogP contribution is 2.37. The summed E-state index contributed by atoms with van der Waals surface area (Å²) in [6, 6.07) is 10.3. The molecule has 0 aliphatic heterocycles. The Morgan fingerprint density at radius 1 is 1.39 bits per heavy atom. The van der Waals surface area contributed by atoms with Gasteiger partial charge in [-0.25, -0.2) is 0 Å². The van der Waals surface area contributed by atoms with E-state index in [0.717, 1.165) is 24.1 Å². The lowest BCUT2D eigenvalue weighted by molar-refractivity contribution is 0.122. The molecule has 0 bridgehead atoms. The van der Waals surface area contributed by atoms with E-state index in [2.05, 4.69) is 17.2 Å². The Labute approximate surface area is 107 Å². The van der Waals surface area contributed by atoms with Gasteiger partial charge in [0.2, 0.25) is 0 Å². The molecular weight excluding hydrogens is 224 g/mol. The molecule has 2 aromatic rings. The summed E-state index contributed by atoms with van der Waals surface area (Å²) in [6.45, 7) is 2.00. The highest BCUT2D eigenvalue weighted by atomic mass is 16.3. The summed E-state index contributed by atoms with van der Waals surface area (Å²) >= 11 is 0. The van der Waals surface area contributed by atoms with Crippen molar-refractivity contribution in [1.29, 1.82) is 0 Å². The smallest absolute Gasteiger partial charge is 0.0827 e. The largest absolute Gasteiger partial charge is 0.388 e. The van der Waals surface area contributed by atoms with Gasteiger partial charge < -0.3 is 5.11 Å². The van der Waals surface area contributed by atoms with Crippen molar-refractivity contribution in [3.8, 4) is 0 Å². The van der Waals surface area contributed by atoms with Crippen LogP contribution in [0.15, 0.2) is 30.3 Å². The molecule has 1 aliphatic rings. The number of aromatic nitrogens is 2. The van der Waals surface area contributed by atoms with Crippen molar-refractivity contribution in [2.75, 3.05) is 0 Å². The summed E-state index contributed by atoms with van der Waals surface area (Å²) in [7, 11) is 1.97. The van der Waals surface area contributed by atoms with Gasteiger partial charge in [-0.15, -0.1) is 0 Å². The molecule has 1 N–H and O–H groups in total. The van der Waals surface area contributed by atoms with Crippen molar-refractivity contribution < 1.29 is 5.11 Å². The Morgan fingerprint density at radius 2 is 2.17 bits per heavy atom. The third-order valence-electron chi connectivity index (χ3n) is 3.87. The first-order valence-corrected chi connectivity index (χ1v) is 6.40. The molecule has 0 spiro atoms. The van der Waals surface area contributed by atoms with Crippen molar-refractivity contribution in [3.05, 3.63) is 52.8 Å².